The van der Waals surface area contributed by atoms with Crippen LogP contribution < -0.4 is 15.8 Å². The molecule has 0 spiro atoms. The van der Waals surface area contributed by atoms with Crippen LogP contribution in [0.15, 0.2) is 72.9 Å². The lowest BCUT2D eigenvalue weighted by atomic mass is 9.99. The molecule has 2 heterocycles. The van der Waals surface area contributed by atoms with E-state index in [4.69, 9.17) is 10.5 Å². The van der Waals surface area contributed by atoms with Crippen molar-refractivity contribution in [1.29, 1.82) is 0 Å². The van der Waals surface area contributed by atoms with Gasteiger partial charge in [0.15, 0.2) is 0 Å². The number of hydrogen-bond acceptors (Lipinski definition) is 4. The molecule has 4 aromatic rings. The molecule has 6 nitrogen and oxygen atoms in total. The number of hydrogen-bond donors (Lipinski definition) is 2. The fourth-order valence-electron chi connectivity index (χ4n) is 3.75. The summed E-state index contributed by atoms with van der Waals surface area (Å²) >= 11 is 0. The van der Waals surface area contributed by atoms with Crippen molar-refractivity contribution in [2.75, 3.05) is 18.2 Å². The van der Waals surface area contributed by atoms with Crippen LogP contribution >= 0.6 is 0 Å². The standard InChI is InChI=1S/C26H25N3O3/c1-16(2)17-10-12-18(13-11-17)25(30)24-23(27)22(21-9-4-5-14-29(21)24)26(31)28-19-7-6-8-20(15-19)32-3/h4-16H,27H2,1-3H3,(H,28,31). The van der Waals surface area contributed by atoms with Crippen LogP contribution in [0, 0.1) is 0 Å². The van der Waals surface area contributed by atoms with Crippen LogP contribution in [0.3, 0.4) is 0 Å². The van der Waals surface area contributed by atoms with E-state index in [-0.39, 0.29) is 22.7 Å². The van der Waals surface area contributed by atoms with Gasteiger partial charge in [0.1, 0.15) is 11.4 Å². The second-order valence-corrected chi connectivity index (χ2v) is 7.89. The molecule has 6 heteroatoms. The summed E-state index contributed by atoms with van der Waals surface area (Å²) in [6.45, 7) is 4.20. The van der Waals surface area contributed by atoms with Gasteiger partial charge in [-0.1, -0.05) is 50.2 Å². The fraction of sp³-hybridized carbons (Fsp3) is 0.154. The van der Waals surface area contributed by atoms with Crippen LogP contribution in [0.4, 0.5) is 11.4 Å². The predicted octanol–water partition coefficient (Wildman–Crippen LogP) is 5.14. The van der Waals surface area contributed by atoms with Crippen molar-refractivity contribution < 1.29 is 14.3 Å². The van der Waals surface area contributed by atoms with E-state index in [9.17, 15) is 9.59 Å². The van der Waals surface area contributed by atoms with Gasteiger partial charge in [-0.2, -0.15) is 0 Å². The second kappa shape index (κ2) is 8.59. The van der Waals surface area contributed by atoms with Crippen LogP contribution in [0.5, 0.6) is 5.75 Å². The third-order valence-electron chi connectivity index (χ3n) is 5.49. The number of carbonyl (C=O) groups is 2. The number of aromatic nitrogens is 1. The molecule has 0 bridgehead atoms. The van der Waals surface area contributed by atoms with E-state index >= 15 is 0 Å². The summed E-state index contributed by atoms with van der Waals surface area (Å²) in [4.78, 5) is 26.6. The van der Waals surface area contributed by atoms with E-state index in [1.807, 2.05) is 18.2 Å². The SMILES string of the molecule is COc1cccc(NC(=O)c2c(N)c(C(=O)c3ccc(C(C)C)cc3)n3ccccc23)c1. The lowest BCUT2D eigenvalue weighted by Gasteiger charge is -2.08. The summed E-state index contributed by atoms with van der Waals surface area (Å²) in [6.07, 6.45) is 1.74. The average Bonchev–Trinajstić information content (AvgIpc) is 3.10. The number of pyridine rings is 1. The molecule has 0 aliphatic rings. The number of benzene rings is 2. The predicted molar refractivity (Wildman–Crippen MR) is 127 cm³/mol. The normalized spacial score (nSPS) is 11.0. The van der Waals surface area contributed by atoms with E-state index in [0.29, 0.717) is 28.4 Å². The highest BCUT2D eigenvalue weighted by Crippen LogP contribution is 2.30. The number of ether oxygens (including phenoxy) is 1. The maximum Gasteiger partial charge on any atom is 0.259 e. The number of nitrogen functional groups attached to an aromatic ring is 1. The minimum atomic E-state index is -0.395. The fourth-order valence-corrected chi connectivity index (χ4v) is 3.75. The highest BCUT2D eigenvalue weighted by Gasteiger charge is 2.26. The molecule has 32 heavy (non-hydrogen) atoms. The molecule has 3 N–H and O–H groups in total. The Morgan fingerprint density at radius 1 is 1.00 bits per heavy atom. The Bertz CT molecular complexity index is 1300. The molecule has 2 aromatic carbocycles. The van der Waals surface area contributed by atoms with Crippen LogP contribution in [0.1, 0.15) is 51.7 Å². The maximum absolute atomic E-state index is 13.4. The van der Waals surface area contributed by atoms with Gasteiger partial charge in [-0.05, 0) is 35.7 Å². The highest BCUT2D eigenvalue weighted by atomic mass is 16.5. The van der Waals surface area contributed by atoms with Gasteiger partial charge in [-0.3, -0.25) is 9.59 Å². The number of ketones is 1. The Morgan fingerprint density at radius 2 is 1.75 bits per heavy atom. The smallest absolute Gasteiger partial charge is 0.259 e. The molecule has 162 valence electrons. The third kappa shape index (κ3) is 3.83. The topological polar surface area (TPSA) is 85.8 Å². The number of fused-ring (bicyclic) bond motifs is 1. The molecule has 2 aromatic heterocycles. The van der Waals surface area contributed by atoms with Crippen LogP contribution in [-0.2, 0) is 0 Å². The van der Waals surface area contributed by atoms with Crippen molar-refractivity contribution in [2.24, 2.45) is 0 Å². The Balaban J connectivity index is 1.76. The summed E-state index contributed by atoms with van der Waals surface area (Å²) in [6, 6.07) is 19.9. The van der Waals surface area contributed by atoms with Crippen molar-refractivity contribution in [2.45, 2.75) is 19.8 Å². The number of nitrogens with zero attached hydrogens (tertiary/aromatic N) is 1. The van der Waals surface area contributed by atoms with E-state index in [1.165, 1.54) is 0 Å². The van der Waals surface area contributed by atoms with Gasteiger partial charge in [-0.15, -0.1) is 0 Å². The number of rotatable bonds is 6. The van der Waals surface area contributed by atoms with Crippen molar-refractivity contribution >= 4 is 28.6 Å². The van der Waals surface area contributed by atoms with Crippen molar-refractivity contribution in [3.8, 4) is 5.75 Å². The average molecular weight is 428 g/mol. The molecule has 0 aliphatic heterocycles. The number of carbonyl (C=O) groups excluding carboxylic acids is 2. The quantitative estimate of drug-likeness (QED) is 0.417. The molecule has 0 aliphatic carbocycles. The molecule has 4 rings (SSSR count). The van der Waals surface area contributed by atoms with Crippen LogP contribution in [-0.4, -0.2) is 23.2 Å². The molecule has 1 amide bonds. The molecule has 0 atom stereocenters. The lowest BCUT2D eigenvalue weighted by Crippen LogP contribution is -2.14. The highest BCUT2D eigenvalue weighted by molar-refractivity contribution is 6.20. The zero-order chi connectivity index (χ0) is 22.8. The van der Waals surface area contributed by atoms with Gasteiger partial charge in [0, 0.05) is 23.5 Å². The molecular weight excluding hydrogens is 402 g/mol. The summed E-state index contributed by atoms with van der Waals surface area (Å²) in [5, 5.41) is 2.85. The number of nitrogens with two attached hydrogens (primary N) is 1. The van der Waals surface area contributed by atoms with E-state index in [0.717, 1.165) is 5.56 Å². The first-order valence-corrected chi connectivity index (χ1v) is 10.4. The zero-order valence-electron chi connectivity index (χ0n) is 18.3. The molecule has 0 saturated carbocycles. The zero-order valence-corrected chi connectivity index (χ0v) is 18.3. The van der Waals surface area contributed by atoms with Gasteiger partial charge < -0.3 is 20.2 Å². The largest absolute Gasteiger partial charge is 0.497 e. The molecule has 0 unspecified atom stereocenters. The number of amides is 1. The Hall–Kier alpha value is -4.06. The van der Waals surface area contributed by atoms with Crippen molar-refractivity contribution in [3.63, 3.8) is 0 Å². The van der Waals surface area contributed by atoms with Crippen LogP contribution in [0.25, 0.3) is 5.52 Å². The van der Waals surface area contributed by atoms with Gasteiger partial charge in [0.2, 0.25) is 5.78 Å². The summed E-state index contributed by atoms with van der Waals surface area (Å²) in [5.74, 6) is 0.358. The number of nitrogens with one attached hydrogen (secondary N) is 1. The summed E-state index contributed by atoms with van der Waals surface area (Å²) in [5.41, 5.74) is 9.89. The molecule has 0 saturated heterocycles. The monoisotopic (exact) mass is 427 g/mol. The Kier molecular flexibility index (Phi) is 5.69. The second-order valence-electron chi connectivity index (χ2n) is 7.89. The van der Waals surface area contributed by atoms with E-state index in [1.54, 1.807) is 66.2 Å². The first kappa shape index (κ1) is 21.2. The van der Waals surface area contributed by atoms with Gasteiger partial charge >= 0.3 is 0 Å². The van der Waals surface area contributed by atoms with E-state index in [2.05, 4.69) is 19.2 Å². The van der Waals surface area contributed by atoms with Crippen molar-refractivity contribution in [3.05, 3.63) is 95.3 Å². The number of methoxy groups -OCH3 is 1. The minimum absolute atomic E-state index is 0.148. The molecule has 0 radical (unpaired) electrons. The minimum Gasteiger partial charge on any atom is -0.497 e. The maximum atomic E-state index is 13.4. The summed E-state index contributed by atoms with van der Waals surface area (Å²) < 4.78 is 6.89. The molecular formula is C26H25N3O3. The van der Waals surface area contributed by atoms with Crippen LogP contribution in [0.2, 0.25) is 0 Å². The third-order valence-corrected chi connectivity index (χ3v) is 5.49. The summed E-state index contributed by atoms with van der Waals surface area (Å²) in [7, 11) is 1.56. The first-order valence-electron chi connectivity index (χ1n) is 10.4. The Labute approximate surface area is 186 Å². The lowest BCUT2D eigenvalue weighted by molar-refractivity contribution is 0.102. The van der Waals surface area contributed by atoms with Gasteiger partial charge in [0.25, 0.3) is 5.91 Å². The van der Waals surface area contributed by atoms with Gasteiger partial charge in [-0.25, -0.2) is 0 Å². The van der Waals surface area contributed by atoms with Gasteiger partial charge in [0.05, 0.1) is 23.9 Å². The van der Waals surface area contributed by atoms with Crippen molar-refractivity contribution in [1.82, 2.24) is 4.40 Å². The number of anilines is 2. The Morgan fingerprint density at radius 3 is 2.44 bits per heavy atom. The van der Waals surface area contributed by atoms with E-state index < -0.39 is 5.91 Å². The molecule has 0 fully saturated rings. The first-order chi connectivity index (χ1) is 15.4.